The highest BCUT2D eigenvalue weighted by atomic mass is 35.5. The molecule has 0 spiro atoms. The first-order chi connectivity index (χ1) is 11.7. The number of rotatable bonds is 5. The molecule has 0 N–H and O–H groups in total. The Hall–Kier alpha value is -2.59. The largest absolute Gasteiger partial charge is 0.494 e. The van der Waals surface area contributed by atoms with Crippen LogP contribution in [0.4, 0.5) is 0 Å². The van der Waals surface area contributed by atoms with E-state index in [0.717, 1.165) is 23.3 Å². The van der Waals surface area contributed by atoms with E-state index in [4.69, 9.17) is 21.1 Å². The van der Waals surface area contributed by atoms with Gasteiger partial charge in [0.25, 0.3) is 0 Å². The lowest BCUT2D eigenvalue weighted by Gasteiger charge is -2.13. The van der Waals surface area contributed by atoms with E-state index in [9.17, 15) is 0 Å². The summed E-state index contributed by atoms with van der Waals surface area (Å²) in [5, 5.41) is 0.442. The number of ether oxygens (including phenoxy) is 2. The highest BCUT2D eigenvalue weighted by Gasteiger charge is 2.16. The Morgan fingerprint density at radius 3 is 2.54 bits per heavy atom. The molecule has 24 heavy (non-hydrogen) atoms. The van der Waals surface area contributed by atoms with Gasteiger partial charge in [0, 0.05) is 29.7 Å². The average molecular weight is 341 g/mol. The number of aromatic nitrogens is 2. The third-order valence-electron chi connectivity index (χ3n) is 3.66. The van der Waals surface area contributed by atoms with Crippen LogP contribution in [0.25, 0.3) is 11.1 Å². The molecule has 0 aliphatic carbocycles. The lowest BCUT2D eigenvalue weighted by atomic mass is 10.1. The van der Waals surface area contributed by atoms with Gasteiger partial charge in [-0.25, -0.2) is 4.98 Å². The summed E-state index contributed by atoms with van der Waals surface area (Å²) in [6.45, 7) is 2.12. The molecule has 3 aromatic rings. The van der Waals surface area contributed by atoms with E-state index in [2.05, 4.69) is 16.9 Å². The van der Waals surface area contributed by atoms with Crippen LogP contribution in [0.1, 0.15) is 12.5 Å². The second kappa shape index (κ2) is 7.32. The summed E-state index contributed by atoms with van der Waals surface area (Å²) in [5.41, 5.74) is 2.76. The highest BCUT2D eigenvalue weighted by molar-refractivity contribution is 6.32. The van der Waals surface area contributed by atoms with E-state index in [1.807, 2.05) is 36.4 Å². The predicted octanol–water partition coefficient (Wildman–Crippen LogP) is 5.16. The van der Waals surface area contributed by atoms with Crippen LogP contribution in [0.5, 0.6) is 17.4 Å². The Kier molecular flexibility index (Phi) is 4.96. The Morgan fingerprint density at radius 1 is 1.04 bits per heavy atom. The summed E-state index contributed by atoms with van der Waals surface area (Å²) in [7, 11) is 1.57. The van der Waals surface area contributed by atoms with E-state index in [-0.39, 0.29) is 0 Å². The van der Waals surface area contributed by atoms with Gasteiger partial charge in [0.05, 0.1) is 7.11 Å². The number of hydrogen-bond donors (Lipinski definition) is 0. The van der Waals surface area contributed by atoms with Gasteiger partial charge in [0.15, 0.2) is 0 Å². The van der Waals surface area contributed by atoms with Crippen LogP contribution in [0.3, 0.4) is 0 Å². The monoisotopic (exact) mass is 340 g/mol. The summed E-state index contributed by atoms with van der Waals surface area (Å²) >= 11 is 6.18. The number of benzene rings is 1. The zero-order valence-corrected chi connectivity index (χ0v) is 14.2. The fourth-order valence-corrected chi connectivity index (χ4v) is 2.64. The molecule has 0 saturated heterocycles. The molecule has 0 saturated carbocycles. The minimum Gasteiger partial charge on any atom is -0.494 e. The van der Waals surface area contributed by atoms with Crippen LogP contribution >= 0.6 is 11.6 Å². The van der Waals surface area contributed by atoms with E-state index in [0.29, 0.717) is 16.7 Å². The van der Waals surface area contributed by atoms with Crippen LogP contribution in [-0.4, -0.2) is 17.1 Å². The van der Waals surface area contributed by atoms with E-state index in [1.165, 1.54) is 5.56 Å². The fourth-order valence-electron chi connectivity index (χ4n) is 2.40. The lowest BCUT2D eigenvalue weighted by Crippen LogP contribution is -1.95. The summed E-state index contributed by atoms with van der Waals surface area (Å²) < 4.78 is 11.4. The molecule has 0 radical (unpaired) electrons. The first-order valence-electron chi connectivity index (χ1n) is 7.62. The summed E-state index contributed by atoms with van der Waals surface area (Å²) in [6.07, 6.45) is 5.91. The highest BCUT2D eigenvalue weighted by Crippen LogP contribution is 2.39. The summed E-state index contributed by atoms with van der Waals surface area (Å²) in [4.78, 5) is 8.49. The smallest absolute Gasteiger partial charge is 0.227 e. The molecule has 1 aromatic carbocycles. The van der Waals surface area contributed by atoms with Gasteiger partial charge in [-0.2, -0.15) is 0 Å². The Labute approximate surface area is 146 Å². The Bertz CT molecular complexity index is 835. The summed E-state index contributed by atoms with van der Waals surface area (Å²) in [6, 6.07) is 11.7. The Balaban J connectivity index is 2.00. The molecule has 0 bridgehead atoms. The number of hydrogen-bond acceptors (Lipinski definition) is 4. The van der Waals surface area contributed by atoms with Crippen LogP contribution < -0.4 is 9.47 Å². The number of aryl methyl sites for hydroxylation is 1. The maximum Gasteiger partial charge on any atom is 0.227 e. The second-order valence-corrected chi connectivity index (χ2v) is 5.57. The fraction of sp³-hybridized carbons (Fsp3) is 0.158. The van der Waals surface area contributed by atoms with Crippen LogP contribution in [0.15, 0.2) is 55.0 Å². The molecule has 0 atom stereocenters. The molecule has 0 aliphatic rings. The van der Waals surface area contributed by atoms with E-state index in [1.54, 1.807) is 25.7 Å². The topological polar surface area (TPSA) is 44.2 Å². The van der Waals surface area contributed by atoms with Crippen molar-refractivity contribution in [3.05, 3.63) is 65.6 Å². The van der Waals surface area contributed by atoms with Crippen molar-refractivity contribution >= 4 is 11.6 Å². The first-order valence-corrected chi connectivity index (χ1v) is 8.00. The normalized spacial score (nSPS) is 10.5. The van der Waals surface area contributed by atoms with Gasteiger partial charge >= 0.3 is 0 Å². The molecule has 4 nitrogen and oxygen atoms in total. The third-order valence-corrected chi connectivity index (χ3v) is 3.93. The standard InChI is InChI=1S/C19H17ClN2O2/c1-3-13-6-8-14(9-7-13)24-19-15(5-4-10-22-19)16-11-21-12-17(20)18(16)23-2/h4-12H,3H2,1-2H3. The van der Waals surface area contributed by atoms with E-state index >= 15 is 0 Å². The summed E-state index contributed by atoms with van der Waals surface area (Å²) in [5.74, 6) is 1.75. The quantitative estimate of drug-likeness (QED) is 0.643. The van der Waals surface area contributed by atoms with Crippen molar-refractivity contribution in [3.63, 3.8) is 0 Å². The average Bonchev–Trinajstić information content (AvgIpc) is 2.62. The molecule has 122 valence electrons. The minimum atomic E-state index is 0.442. The zero-order valence-electron chi connectivity index (χ0n) is 13.5. The Morgan fingerprint density at radius 2 is 1.83 bits per heavy atom. The lowest BCUT2D eigenvalue weighted by molar-refractivity contribution is 0.415. The van der Waals surface area contributed by atoms with Gasteiger partial charge < -0.3 is 9.47 Å². The number of pyridine rings is 2. The molecule has 2 aromatic heterocycles. The van der Waals surface area contributed by atoms with Gasteiger partial charge in [0.2, 0.25) is 5.88 Å². The predicted molar refractivity (Wildman–Crippen MR) is 94.9 cm³/mol. The van der Waals surface area contributed by atoms with Crippen molar-refractivity contribution in [2.75, 3.05) is 7.11 Å². The van der Waals surface area contributed by atoms with Crippen LogP contribution in [0, 0.1) is 0 Å². The molecule has 0 unspecified atom stereocenters. The molecule has 0 fully saturated rings. The molecule has 3 rings (SSSR count). The van der Waals surface area contributed by atoms with Crippen molar-refractivity contribution in [3.8, 4) is 28.5 Å². The zero-order chi connectivity index (χ0) is 16.9. The number of methoxy groups -OCH3 is 1. The van der Waals surface area contributed by atoms with Gasteiger partial charge in [-0.3, -0.25) is 4.98 Å². The van der Waals surface area contributed by atoms with Gasteiger partial charge in [-0.1, -0.05) is 30.7 Å². The van der Waals surface area contributed by atoms with E-state index < -0.39 is 0 Å². The van der Waals surface area contributed by atoms with Crippen molar-refractivity contribution in [1.82, 2.24) is 9.97 Å². The van der Waals surface area contributed by atoms with Crippen molar-refractivity contribution in [1.29, 1.82) is 0 Å². The SMILES string of the molecule is CCc1ccc(Oc2ncccc2-c2cncc(Cl)c2OC)cc1. The van der Waals surface area contributed by atoms with Crippen molar-refractivity contribution < 1.29 is 9.47 Å². The number of halogens is 1. The van der Waals surface area contributed by atoms with Crippen molar-refractivity contribution in [2.45, 2.75) is 13.3 Å². The number of nitrogens with zero attached hydrogens (tertiary/aromatic N) is 2. The molecular formula is C19H17ClN2O2. The molecule has 2 heterocycles. The van der Waals surface area contributed by atoms with Crippen LogP contribution in [-0.2, 0) is 6.42 Å². The molecule has 5 heteroatoms. The maximum absolute atomic E-state index is 6.18. The van der Waals surface area contributed by atoms with Crippen molar-refractivity contribution in [2.24, 2.45) is 0 Å². The molecule has 0 aliphatic heterocycles. The second-order valence-electron chi connectivity index (χ2n) is 5.16. The van der Waals surface area contributed by atoms with Gasteiger partial charge in [-0.05, 0) is 36.2 Å². The minimum absolute atomic E-state index is 0.442. The van der Waals surface area contributed by atoms with Gasteiger partial charge in [-0.15, -0.1) is 0 Å². The maximum atomic E-state index is 6.18. The molecule has 0 amide bonds. The van der Waals surface area contributed by atoms with Crippen LogP contribution in [0.2, 0.25) is 5.02 Å². The van der Waals surface area contributed by atoms with Gasteiger partial charge in [0.1, 0.15) is 16.5 Å². The third kappa shape index (κ3) is 3.34. The molecular weight excluding hydrogens is 324 g/mol. The first kappa shape index (κ1) is 16.3.